The number of allylic oxidation sites excluding steroid dienone is 1. The van der Waals surface area contributed by atoms with Crippen LogP contribution in [-0.4, -0.2) is 15.8 Å². The van der Waals surface area contributed by atoms with Gasteiger partial charge >= 0.3 is 5.69 Å². The lowest BCUT2D eigenvalue weighted by molar-refractivity contribution is -0.384. The quantitative estimate of drug-likeness (QED) is 0.472. The van der Waals surface area contributed by atoms with Gasteiger partial charge in [-0.25, -0.2) is 0 Å². The fourth-order valence-electron chi connectivity index (χ4n) is 0.925. The van der Waals surface area contributed by atoms with Crippen LogP contribution >= 0.6 is 11.6 Å². The number of nitrogens with zero attached hydrogens (tertiary/aromatic N) is 2. The normalized spacial score (nSPS) is 10.6. The number of hydrogen-bond donors (Lipinski definition) is 1. The molecule has 6 heteroatoms. The van der Waals surface area contributed by atoms with Gasteiger partial charge in [0.15, 0.2) is 0 Å². The molecule has 0 aliphatic rings. The van der Waals surface area contributed by atoms with Crippen LogP contribution in [0.25, 0.3) is 6.08 Å². The first kappa shape index (κ1) is 10.5. The molecule has 0 aromatic carbocycles. The number of pyridine rings is 1. The van der Waals surface area contributed by atoms with E-state index in [1.54, 1.807) is 12.2 Å². The number of nitrogens with two attached hydrogens (primary N) is 1. The maximum absolute atomic E-state index is 10.5. The average molecular weight is 214 g/mol. The second-order valence-electron chi connectivity index (χ2n) is 2.48. The first-order valence-electron chi connectivity index (χ1n) is 3.77. The molecule has 1 aromatic rings. The van der Waals surface area contributed by atoms with E-state index in [1.165, 1.54) is 6.20 Å². The summed E-state index contributed by atoms with van der Waals surface area (Å²) < 4.78 is 0. The van der Waals surface area contributed by atoms with Crippen LogP contribution in [0, 0.1) is 10.1 Å². The Kier molecular flexibility index (Phi) is 3.41. The Labute approximate surface area is 85.4 Å². The molecule has 0 radical (unpaired) electrons. The van der Waals surface area contributed by atoms with E-state index in [-0.39, 0.29) is 11.4 Å². The van der Waals surface area contributed by atoms with Gasteiger partial charge in [-0.1, -0.05) is 12.2 Å². The van der Waals surface area contributed by atoms with Gasteiger partial charge in [0.1, 0.15) is 11.9 Å². The molecule has 0 atom stereocenters. The van der Waals surface area contributed by atoms with Crippen LogP contribution in [0.3, 0.4) is 0 Å². The molecular formula is C8H8ClN3O2. The third-order valence-electron chi connectivity index (χ3n) is 1.58. The summed E-state index contributed by atoms with van der Waals surface area (Å²) in [4.78, 5) is 13.6. The predicted molar refractivity (Wildman–Crippen MR) is 55.1 cm³/mol. The van der Waals surface area contributed by atoms with Gasteiger partial charge < -0.3 is 5.73 Å². The first-order valence-corrected chi connectivity index (χ1v) is 4.30. The van der Waals surface area contributed by atoms with E-state index in [0.29, 0.717) is 11.4 Å². The van der Waals surface area contributed by atoms with E-state index in [2.05, 4.69) is 4.98 Å². The van der Waals surface area contributed by atoms with Crippen LogP contribution in [0.5, 0.6) is 0 Å². The molecule has 0 bridgehead atoms. The minimum Gasteiger partial charge on any atom is -0.393 e. The minimum atomic E-state index is -0.569. The average Bonchev–Trinajstić information content (AvgIpc) is 2.16. The van der Waals surface area contributed by atoms with Gasteiger partial charge in [-0.2, -0.15) is 0 Å². The highest BCUT2D eigenvalue weighted by Gasteiger charge is 2.13. The zero-order valence-corrected chi connectivity index (χ0v) is 7.94. The fourth-order valence-corrected chi connectivity index (χ4v) is 1.01. The van der Waals surface area contributed by atoms with E-state index < -0.39 is 4.92 Å². The standard InChI is InChI=1S/C8H8ClN3O2/c9-3-1-2-6-4-11-5-7(8(6)10)12(13)14/h1-2,4-5H,3H2,(H2,10,11). The largest absolute Gasteiger partial charge is 0.393 e. The van der Waals surface area contributed by atoms with E-state index >= 15 is 0 Å². The molecule has 0 saturated carbocycles. The number of halogens is 1. The molecular weight excluding hydrogens is 206 g/mol. The molecule has 0 amide bonds. The third kappa shape index (κ3) is 2.20. The zero-order chi connectivity index (χ0) is 10.6. The Balaban J connectivity index is 3.14. The molecule has 1 heterocycles. The number of rotatable bonds is 3. The van der Waals surface area contributed by atoms with Gasteiger partial charge in [0.2, 0.25) is 0 Å². The number of nitrogen functional groups attached to an aromatic ring is 1. The predicted octanol–water partition coefficient (Wildman–Crippen LogP) is 1.82. The van der Waals surface area contributed by atoms with Crippen molar-refractivity contribution in [3.8, 4) is 0 Å². The number of nitro groups is 1. The van der Waals surface area contributed by atoms with Crippen molar-refractivity contribution in [2.24, 2.45) is 0 Å². The molecule has 0 fully saturated rings. The molecule has 1 rings (SSSR count). The maximum atomic E-state index is 10.5. The van der Waals surface area contributed by atoms with E-state index in [0.717, 1.165) is 6.20 Å². The molecule has 0 aliphatic heterocycles. The van der Waals surface area contributed by atoms with Crippen LogP contribution in [0.15, 0.2) is 18.5 Å². The molecule has 0 aliphatic carbocycles. The minimum absolute atomic E-state index is 0.103. The summed E-state index contributed by atoms with van der Waals surface area (Å²) in [7, 11) is 0. The lowest BCUT2D eigenvalue weighted by Crippen LogP contribution is -1.98. The van der Waals surface area contributed by atoms with Crippen molar-refractivity contribution in [2.75, 3.05) is 11.6 Å². The zero-order valence-electron chi connectivity index (χ0n) is 7.18. The van der Waals surface area contributed by atoms with E-state index in [9.17, 15) is 10.1 Å². The van der Waals surface area contributed by atoms with Crippen LogP contribution in [0.1, 0.15) is 5.56 Å². The van der Waals surface area contributed by atoms with Crippen molar-refractivity contribution in [3.05, 3.63) is 34.1 Å². The maximum Gasteiger partial charge on any atom is 0.310 e. The summed E-state index contributed by atoms with van der Waals surface area (Å²) in [5.74, 6) is 0.322. The SMILES string of the molecule is Nc1c(C=CCCl)cncc1[N+](=O)[O-]. The smallest absolute Gasteiger partial charge is 0.310 e. The van der Waals surface area contributed by atoms with E-state index in [4.69, 9.17) is 17.3 Å². The summed E-state index contributed by atoms with van der Waals surface area (Å²) in [6.45, 7) is 0. The fraction of sp³-hybridized carbons (Fsp3) is 0.125. The number of aromatic nitrogens is 1. The Hall–Kier alpha value is -1.62. The summed E-state index contributed by atoms with van der Waals surface area (Å²) in [6, 6.07) is 0. The van der Waals surface area contributed by atoms with Crippen molar-refractivity contribution in [2.45, 2.75) is 0 Å². The van der Waals surface area contributed by atoms with Crippen molar-refractivity contribution in [1.29, 1.82) is 0 Å². The Morgan fingerprint density at radius 2 is 2.36 bits per heavy atom. The molecule has 14 heavy (non-hydrogen) atoms. The molecule has 0 spiro atoms. The lowest BCUT2D eigenvalue weighted by atomic mass is 10.2. The van der Waals surface area contributed by atoms with Crippen LogP contribution in [-0.2, 0) is 0 Å². The summed E-state index contributed by atoms with van der Waals surface area (Å²) in [6.07, 6.45) is 5.81. The van der Waals surface area contributed by atoms with Gasteiger partial charge in [0, 0.05) is 17.6 Å². The highest BCUT2D eigenvalue weighted by atomic mass is 35.5. The van der Waals surface area contributed by atoms with Crippen LogP contribution in [0.4, 0.5) is 11.4 Å². The van der Waals surface area contributed by atoms with Gasteiger partial charge in [0.05, 0.1) is 4.92 Å². The Morgan fingerprint density at radius 1 is 1.64 bits per heavy atom. The lowest BCUT2D eigenvalue weighted by Gasteiger charge is -1.99. The monoisotopic (exact) mass is 213 g/mol. The van der Waals surface area contributed by atoms with Gasteiger partial charge in [-0.15, -0.1) is 11.6 Å². The van der Waals surface area contributed by atoms with Gasteiger partial charge in [0.25, 0.3) is 0 Å². The molecule has 0 unspecified atom stereocenters. The summed E-state index contributed by atoms with van der Waals surface area (Å²) >= 11 is 5.42. The molecule has 0 saturated heterocycles. The van der Waals surface area contributed by atoms with Gasteiger partial charge in [-0.3, -0.25) is 15.1 Å². The number of anilines is 1. The van der Waals surface area contributed by atoms with Gasteiger partial charge in [-0.05, 0) is 0 Å². The third-order valence-corrected chi connectivity index (χ3v) is 1.76. The molecule has 1 aromatic heterocycles. The van der Waals surface area contributed by atoms with Crippen LogP contribution in [0.2, 0.25) is 0 Å². The van der Waals surface area contributed by atoms with E-state index in [1.807, 2.05) is 0 Å². The second-order valence-corrected chi connectivity index (χ2v) is 2.78. The first-order chi connectivity index (χ1) is 6.66. The summed E-state index contributed by atoms with van der Waals surface area (Å²) in [5.41, 5.74) is 5.96. The topological polar surface area (TPSA) is 82.0 Å². The highest BCUT2D eigenvalue weighted by Crippen LogP contribution is 2.24. The van der Waals surface area contributed by atoms with Crippen LogP contribution < -0.4 is 5.73 Å². The number of hydrogen-bond acceptors (Lipinski definition) is 4. The van der Waals surface area contributed by atoms with Crippen molar-refractivity contribution >= 4 is 29.1 Å². The highest BCUT2D eigenvalue weighted by molar-refractivity contribution is 6.19. The Morgan fingerprint density at radius 3 is 2.93 bits per heavy atom. The molecule has 2 N–H and O–H groups in total. The number of alkyl halides is 1. The summed E-state index contributed by atoms with van der Waals surface area (Å²) in [5, 5.41) is 10.5. The molecule has 5 nitrogen and oxygen atoms in total. The van der Waals surface area contributed by atoms with Crippen molar-refractivity contribution < 1.29 is 4.92 Å². The van der Waals surface area contributed by atoms with Crippen molar-refractivity contribution in [3.63, 3.8) is 0 Å². The van der Waals surface area contributed by atoms with Crippen molar-refractivity contribution in [1.82, 2.24) is 4.98 Å². The molecule has 74 valence electrons. The second kappa shape index (κ2) is 4.57. The Bertz CT molecular complexity index is 379.